The smallest absolute Gasteiger partial charge is 0.245 e. The van der Waals surface area contributed by atoms with Gasteiger partial charge < -0.3 is 21.1 Å². The summed E-state index contributed by atoms with van der Waals surface area (Å²) in [6.07, 6.45) is 0.706. The fraction of sp³-hybridized carbons (Fsp3) is 0.750. The van der Waals surface area contributed by atoms with Crippen LogP contribution in [-0.4, -0.2) is 47.6 Å². The number of carbonyl (C=O) groups excluding carboxylic acids is 3. The van der Waals surface area contributed by atoms with Gasteiger partial charge in [0, 0.05) is 0 Å². The van der Waals surface area contributed by atoms with Crippen LogP contribution >= 0.6 is 0 Å². The number of hydrogen-bond donors (Lipinski definition) is 4. The van der Waals surface area contributed by atoms with E-state index in [1.54, 1.807) is 0 Å². The number of rotatable bonds is 3. The van der Waals surface area contributed by atoms with Crippen LogP contribution in [-0.2, 0) is 14.4 Å². The molecule has 0 aliphatic carbocycles. The van der Waals surface area contributed by atoms with Crippen molar-refractivity contribution in [3.05, 3.63) is 0 Å². The zero-order valence-corrected chi connectivity index (χ0v) is 11.4. The van der Waals surface area contributed by atoms with Crippen molar-refractivity contribution in [2.45, 2.75) is 45.3 Å². The molecule has 0 radical (unpaired) electrons. The van der Waals surface area contributed by atoms with Crippen molar-refractivity contribution in [3.8, 4) is 0 Å². The topological polar surface area (TPSA) is 108 Å². The van der Waals surface area contributed by atoms with Crippen molar-refractivity contribution >= 4 is 17.7 Å². The molecule has 1 heterocycles. The first kappa shape index (κ1) is 15.4. The van der Waals surface area contributed by atoms with Gasteiger partial charge in [-0.15, -0.1) is 0 Å². The molecule has 108 valence electrons. The highest BCUT2D eigenvalue weighted by molar-refractivity contribution is 5.97. The van der Waals surface area contributed by atoms with Gasteiger partial charge in [0.15, 0.2) is 0 Å². The van der Waals surface area contributed by atoms with E-state index in [0.29, 0.717) is 6.42 Å². The lowest BCUT2D eigenvalue weighted by Gasteiger charge is -2.24. The van der Waals surface area contributed by atoms with Gasteiger partial charge >= 0.3 is 0 Å². The fourth-order valence-electron chi connectivity index (χ4n) is 1.82. The van der Waals surface area contributed by atoms with Gasteiger partial charge in [-0.3, -0.25) is 14.4 Å². The van der Waals surface area contributed by atoms with Gasteiger partial charge in [-0.2, -0.15) is 0 Å². The lowest BCUT2D eigenvalue weighted by atomic mass is 9.98. The summed E-state index contributed by atoms with van der Waals surface area (Å²) in [6, 6.07) is -2.49. The fourth-order valence-corrected chi connectivity index (χ4v) is 1.82. The molecule has 0 saturated carbocycles. The molecular weight excluding hydrogens is 250 g/mol. The molecule has 19 heavy (non-hydrogen) atoms. The number of carbonyl (C=O) groups is 3. The maximum Gasteiger partial charge on any atom is 0.245 e. The molecule has 0 spiro atoms. The zero-order valence-electron chi connectivity index (χ0n) is 11.4. The van der Waals surface area contributed by atoms with Crippen LogP contribution < -0.4 is 16.0 Å². The molecule has 7 heteroatoms. The second-order valence-corrected chi connectivity index (χ2v) is 4.85. The molecule has 0 bridgehead atoms. The Balaban J connectivity index is 3.00. The van der Waals surface area contributed by atoms with Gasteiger partial charge in [0.05, 0.1) is 6.61 Å². The Morgan fingerprint density at radius 1 is 1.11 bits per heavy atom. The minimum Gasteiger partial charge on any atom is -0.394 e. The molecule has 1 rings (SSSR count). The average molecular weight is 271 g/mol. The largest absolute Gasteiger partial charge is 0.394 e. The van der Waals surface area contributed by atoms with Crippen molar-refractivity contribution in [1.29, 1.82) is 0 Å². The van der Waals surface area contributed by atoms with Crippen molar-refractivity contribution < 1.29 is 19.5 Å². The van der Waals surface area contributed by atoms with Gasteiger partial charge in [0.25, 0.3) is 0 Å². The minimum absolute atomic E-state index is 0.0660. The quantitative estimate of drug-likeness (QED) is 0.501. The maximum atomic E-state index is 12.1. The summed E-state index contributed by atoms with van der Waals surface area (Å²) < 4.78 is 0. The van der Waals surface area contributed by atoms with Crippen molar-refractivity contribution in [2.24, 2.45) is 5.92 Å². The van der Waals surface area contributed by atoms with Gasteiger partial charge in [-0.25, -0.2) is 0 Å². The van der Waals surface area contributed by atoms with E-state index >= 15 is 0 Å². The first-order valence-corrected chi connectivity index (χ1v) is 6.42. The number of aliphatic hydroxyl groups excluding tert-OH is 1. The zero-order chi connectivity index (χ0) is 14.6. The van der Waals surface area contributed by atoms with E-state index in [2.05, 4.69) is 16.0 Å². The predicted molar refractivity (Wildman–Crippen MR) is 68.0 cm³/mol. The third-order valence-corrected chi connectivity index (χ3v) is 3.36. The lowest BCUT2D eigenvalue weighted by Crippen LogP contribution is -2.54. The summed E-state index contributed by atoms with van der Waals surface area (Å²) in [6.45, 7) is 4.78. The predicted octanol–water partition coefficient (Wildman–Crippen LogP) is -1.49. The van der Waals surface area contributed by atoms with Gasteiger partial charge in [0.2, 0.25) is 17.7 Å². The third-order valence-electron chi connectivity index (χ3n) is 3.36. The minimum atomic E-state index is -1.03. The molecule has 1 saturated heterocycles. The summed E-state index contributed by atoms with van der Waals surface area (Å²) in [5.41, 5.74) is 0. The molecule has 1 aliphatic heterocycles. The molecule has 0 aromatic heterocycles. The number of aliphatic hydroxyl groups is 1. The summed E-state index contributed by atoms with van der Waals surface area (Å²) >= 11 is 0. The molecular formula is C12H21N3O4. The molecule has 4 N–H and O–H groups in total. The van der Waals surface area contributed by atoms with Crippen LogP contribution in [0.1, 0.15) is 27.2 Å². The molecule has 1 aliphatic rings. The van der Waals surface area contributed by atoms with Crippen molar-refractivity contribution in [2.75, 3.05) is 6.61 Å². The summed E-state index contributed by atoms with van der Waals surface area (Å²) in [4.78, 5) is 35.7. The Morgan fingerprint density at radius 3 is 2.26 bits per heavy atom. The first-order valence-electron chi connectivity index (χ1n) is 6.42. The van der Waals surface area contributed by atoms with E-state index in [-0.39, 0.29) is 5.92 Å². The second-order valence-electron chi connectivity index (χ2n) is 4.85. The van der Waals surface area contributed by atoms with E-state index < -0.39 is 42.5 Å². The van der Waals surface area contributed by atoms with Crippen LogP contribution in [0, 0.1) is 5.92 Å². The second kappa shape index (κ2) is 6.51. The number of hydrogen-bond acceptors (Lipinski definition) is 4. The molecule has 0 aromatic carbocycles. The summed E-state index contributed by atoms with van der Waals surface area (Å²) in [7, 11) is 0. The maximum absolute atomic E-state index is 12.1. The van der Waals surface area contributed by atoms with Crippen LogP contribution in [0.25, 0.3) is 0 Å². The number of nitrogens with one attached hydrogen (secondary N) is 3. The van der Waals surface area contributed by atoms with Crippen molar-refractivity contribution in [1.82, 2.24) is 16.0 Å². The van der Waals surface area contributed by atoms with Crippen LogP contribution in [0.15, 0.2) is 0 Å². The van der Waals surface area contributed by atoms with Crippen molar-refractivity contribution in [3.63, 3.8) is 0 Å². The molecule has 1 unspecified atom stereocenters. The summed E-state index contributed by atoms with van der Waals surface area (Å²) in [5, 5.41) is 16.7. The van der Waals surface area contributed by atoms with E-state index in [0.717, 1.165) is 0 Å². The van der Waals surface area contributed by atoms with Crippen LogP contribution in [0.2, 0.25) is 0 Å². The Kier molecular flexibility index (Phi) is 5.29. The van der Waals surface area contributed by atoms with Gasteiger partial charge in [0.1, 0.15) is 18.1 Å². The third kappa shape index (κ3) is 3.66. The van der Waals surface area contributed by atoms with E-state index in [1.807, 2.05) is 13.8 Å². The molecule has 1 fully saturated rings. The average Bonchev–Trinajstić information content (AvgIpc) is 2.42. The Bertz CT molecular complexity index is 372. The highest BCUT2D eigenvalue weighted by Crippen LogP contribution is 2.09. The monoisotopic (exact) mass is 271 g/mol. The van der Waals surface area contributed by atoms with Crippen LogP contribution in [0.5, 0.6) is 0 Å². The molecule has 3 amide bonds. The first-order chi connectivity index (χ1) is 8.90. The SMILES string of the molecule is CCC(C)[C@@H]1NC(=O)[C@H](C)NC(=O)[C@H](CO)NC1=O. The number of amides is 3. The lowest BCUT2D eigenvalue weighted by molar-refractivity contribution is -0.131. The Morgan fingerprint density at radius 2 is 1.74 bits per heavy atom. The summed E-state index contributed by atoms with van der Waals surface area (Å²) in [5.74, 6) is -1.50. The van der Waals surface area contributed by atoms with Crippen LogP contribution in [0.4, 0.5) is 0 Å². The van der Waals surface area contributed by atoms with E-state index in [9.17, 15) is 14.4 Å². The Labute approximate surface area is 112 Å². The van der Waals surface area contributed by atoms with Gasteiger partial charge in [-0.05, 0) is 12.8 Å². The Hall–Kier alpha value is -1.63. The molecule has 4 atom stereocenters. The van der Waals surface area contributed by atoms with Gasteiger partial charge in [-0.1, -0.05) is 20.3 Å². The highest BCUT2D eigenvalue weighted by Gasteiger charge is 2.33. The molecule has 7 nitrogen and oxygen atoms in total. The standard InChI is InChI=1S/C12H21N3O4/c1-4-6(2)9-12(19)14-8(5-16)11(18)13-7(3)10(17)15-9/h6-9,16H,4-5H2,1-3H3,(H,13,18)(H,14,19)(H,15,17)/t6?,7-,8-,9-/m0/s1. The molecule has 0 aromatic rings. The highest BCUT2D eigenvalue weighted by atomic mass is 16.3. The van der Waals surface area contributed by atoms with E-state index in [4.69, 9.17) is 5.11 Å². The normalized spacial score (nSPS) is 30.3. The van der Waals surface area contributed by atoms with Crippen LogP contribution in [0.3, 0.4) is 0 Å². The van der Waals surface area contributed by atoms with E-state index in [1.165, 1.54) is 6.92 Å².